The molecule has 2 N–H and O–H groups in total. The number of rotatable bonds is 9. The number of nitrogens with one attached hydrogen (secondary N) is 1. The predicted octanol–water partition coefficient (Wildman–Crippen LogP) is 7.35. The fraction of sp³-hybridized carbons (Fsp3) is 0.231. The monoisotopic (exact) mass is 573 g/mol. The molecule has 0 saturated carbocycles. The number of carbonyl (C=O) groups is 2. The summed E-state index contributed by atoms with van der Waals surface area (Å²) in [7, 11) is 1.30. The number of aliphatic carboxylic acids is 1. The first-order chi connectivity index (χ1) is 18.2. The summed E-state index contributed by atoms with van der Waals surface area (Å²) in [5, 5.41) is 9.28. The molecule has 3 rings (SSSR count). The molecule has 0 aliphatic heterocycles. The SMILES string of the molecule is COc1ccc(CC(=O)O)cc1Oc1ccc(NC(=O)c2cccc(C(F)(F)F)c2)cc1C(SC)C(F)(F)F. The highest BCUT2D eigenvalue weighted by Gasteiger charge is 2.42. The maximum Gasteiger partial charge on any atom is 0.416 e. The number of ether oxygens (including phenoxy) is 2. The Morgan fingerprint density at radius 2 is 1.64 bits per heavy atom. The minimum Gasteiger partial charge on any atom is -0.493 e. The van der Waals surface area contributed by atoms with Gasteiger partial charge in [-0.3, -0.25) is 9.59 Å². The van der Waals surface area contributed by atoms with E-state index in [0.717, 1.165) is 30.3 Å². The Labute approximate surface area is 222 Å². The summed E-state index contributed by atoms with van der Waals surface area (Å²) >= 11 is 0.453. The van der Waals surface area contributed by atoms with Gasteiger partial charge in [0.05, 0.1) is 19.1 Å². The first-order valence-electron chi connectivity index (χ1n) is 11.0. The molecule has 0 aliphatic carbocycles. The van der Waals surface area contributed by atoms with Gasteiger partial charge in [-0.2, -0.15) is 26.3 Å². The van der Waals surface area contributed by atoms with Crippen LogP contribution in [-0.4, -0.2) is 36.5 Å². The van der Waals surface area contributed by atoms with Crippen molar-refractivity contribution in [2.24, 2.45) is 0 Å². The zero-order chi connectivity index (χ0) is 29.0. The average molecular weight is 574 g/mol. The van der Waals surface area contributed by atoms with Gasteiger partial charge in [-0.15, -0.1) is 11.8 Å². The van der Waals surface area contributed by atoms with Crippen molar-refractivity contribution in [2.45, 2.75) is 24.0 Å². The number of hydrogen-bond donors (Lipinski definition) is 2. The number of carbonyl (C=O) groups excluding carboxylic acids is 1. The van der Waals surface area contributed by atoms with Crippen molar-refractivity contribution < 1.29 is 50.5 Å². The van der Waals surface area contributed by atoms with Crippen LogP contribution >= 0.6 is 11.8 Å². The molecular formula is C26H21F6NO5S. The van der Waals surface area contributed by atoms with Gasteiger partial charge in [-0.1, -0.05) is 12.1 Å². The normalized spacial score (nSPS) is 12.5. The molecule has 0 radical (unpaired) electrons. The third-order valence-electron chi connectivity index (χ3n) is 5.34. The first kappa shape index (κ1) is 29.7. The van der Waals surface area contributed by atoms with Gasteiger partial charge in [0, 0.05) is 16.8 Å². The molecule has 0 heterocycles. The van der Waals surface area contributed by atoms with Crippen molar-refractivity contribution >= 4 is 29.3 Å². The lowest BCUT2D eigenvalue weighted by Gasteiger charge is -2.23. The van der Waals surface area contributed by atoms with Crippen LogP contribution in [0.5, 0.6) is 17.2 Å². The van der Waals surface area contributed by atoms with Gasteiger partial charge in [0.2, 0.25) is 0 Å². The molecule has 1 atom stereocenters. The number of carboxylic acids is 1. The summed E-state index contributed by atoms with van der Waals surface area (Å²) in [6.07, 6.45) is -8.58. The summed E-state index contributed by atoms with van der Waals surface area (Å²) in [4.78, 5) is 23.7. The molecule has 208 valence electrons. The van der Waals surface area contributed by atoms with Crippen molar-refractivity contribution in [3.8, 4) is 17.2 Å². The topological polar surface area (TPSA) is 84.9 Å². The van der Waals surface area contributed by atoms with Crippen molar-refractivity contribution in [1.29, 1.82) is 0 Å². The quantitative estimate of drug-likeness (QED) is 0.261. The van der Waals surface area contributed by atoms with E-state index in [1.165, 1.54) is 37.6 Å². The summed E-state index contributed by atoms with van der Waals surface area (Å²) in [5.74, 6) is -2.26. The number of anilines is 1. The number of thioether (sulfide) groups is 1. The van der Waals surface area contributed by atoms with E-state index < -0.39 is 35.0 Å². The van der Waals surface area contributed by atoms with Crippen LogP contribution in [0.1, 0.15) is 32.3 Å². The molecule has 0 saturated heterocycles. The largest absolute Gasteiger partial charge is 0.493 e. The smallest absolute Gasteiger partial charge is 0.416 e. The lowest BCUT2D eigenvalue weighted by Crippen LogP contribution is -2.19. The molecular weight excluding hydrogens is 552 g/mol. The molecule has 3 aromatic rings. The molecule has 0 fully saturated rings. The number of halogens is 6. The number of benzene rings is 3. The molecule has 6 nitrogen and oxygen atoms in total. The standard InChI is InChI=1S/C26H21F6NO5S/c1-37-20-8-6-14(11-22(34)35)10-21(20)38-19-9-7-17(13-18(19)23(39-2)26(30,31)32)33-24(36)15-4-3-5-16(12-15)25(27,28)29/h3-10,12-13,23H,11H2,1-2H3,(H,33,36)(H,34,35). The highest BCUT2D eigenvalue weighted by atomic mass is 32.2. The molecule has 1 unspecified atom stereocenters. The fourth-order valence-electron chi connectivity index (χ4n) is 3.60. The zero-order valence-corrected chi connectivity index (χ0v) is 21.1. The Kier molecular flexibility index (Phi) is 9.05. The number of carboxylic acid groups (broad SMARTS) is 1. The second kappa shape index (κ2) is 11.9. The number of alkyl halides is 6. The van der Waals surface area contributed by atoms with Crippen LogP contribution in [0.15, 0.2) is 60.7 Å². The Morgan fingerprint density at radius 3 is 2.23 bits per heavy atom. The molecule has 0 aliphatic rings. The maximum absolute atomic E-state index is 13.9. The van der Waals surface area contributed by atoms with E-state index in [9.17, 15) is 35.9 Å². The molecule has 0 spiro atoms. The van der Waals surface area contributed by atoms with Crippen molar-refractivity contribution in [3.63, 3.8) is 0 Å². The highest BCUT2D eigenvalue weighted by Crippen LogP contribution is 2.47. The van der Waals surface area contributed by atoms with Crippen LogP contribution in [-0.2, 0) is 17.4 Å². The van der Waals surface area contributed by atoms with Gasteiger partial charge in [0.25, 0.3) is 5.91 Å². The molecule has 0 aromatic heterocycles. The Morgan fingerprint density at radius 1 is 0.949 bits per heavy atom. The third kappa shape index (κ3) is 7.59. The first-order valence-corrected chi connectivity index (χ1v) is 12.3. The average Bonchev–Trinajstić information content (AvgIpc) is 2.84. The Bertz CT molecular complexity index is 1360. The van der Waals surface area contributed by atoms with Crippen molar-refractivity contribution in [3.05, 3.63) is 82.9 Å². The lowest BCUT2D eigenvalue weighted by atomic mass is 10.1. The van der Waals surface area contributed by atoms with Crippen LogP contribution < -0.4 is 14.8 Å². The number of methoxy groups -OCH3 is 1. The van der Waals surface area contributed by atoms with E-state index in [1.54, 1.807) is 0 Å². The lowest BCUT2D eigenvalue weighted by molar-refractivity contribution is -0.138. The van der Waals surface area contributed by atoms with Crippen LogP contribution in [0.4, 0.5) is 32.0 Å². The van der Waals surface area contributed by atoms with Gasteiger partial charge in [0.15, 0.2) is 11.5 Å². The molecule has 3 aromatic carbocycles. The van der Waals surface area contributed by atoms with Gasteiger partial charge in [-0.25, -0.2) is 0 Å². The van der Waals surface area contributed by atoms with Crippen LogP contribution in [0, 0.1) is 0 Å². The number of amides is 1. The summed E-state index contributed by atoms with van der Waals surface area (Å²) in [6, 6.07) is 11.2. The maximum atomic E-state index is 13.9. The van der Waals surface area contributed by atoms with Crippen LogP contribution in [0.3, 0.4) is 0 Å². The zero-order valence-electron chi connectivity index (χ0n) is 20.3. The van der Waals surface area contributed by atoms with E-state index in [2.05, 4.69) is 5.32 Å². The van der Waals surface area contributed by atoms with E-state index in [1.807, 2.05) is 0 Å². The predicted molar refractivity (Wildman–Crippen MR) is 133 cm³/mol. The highest BCUT2D eigenvalue weighted by molar-refractivity contribution is 7.98. The minimum absolute atomic E-state index is 0.0414. The van der Waals surface area contributed by atoms with Gasteiger partial charge < -0.3 is 19.9 Å². The minimum atomic E-state index is -4.74. The van der Waals surface area contributed by atoms with Gasteiger partial charge in [0.1, 0.15) is 11.0 Å². The van der Waals surface area contributed by atoms with E-state index >= 15 is 0 Å². The second-order valence-electron chi connectivity index (χ2n) is 8.10. The third-order valence-corrected chi connectivity index (χ3v) is 6.33. The van der Waals surface area contributed by atoms with Crippen LogP contribution in [0.2, 0.25) is 0 Å². The molecule has 39 heavy (non-hydrogen) atoms. The summed E-state index contributed by atoms with van der Waals surface area (Å²) in [6.45, 7) is 0. The van der Waals surface area contributed by atoms with E-state index in [4.69, 9.17) is 14.6 Å². The number of hydrogen-bond acceptors (Lipinski definition) is 5. The fourth-order valence-corrected chi connectivity index (χ4v) is 4.31. The van der Waals surface area contributed by atoms with E-state index in [-0.39, 0.29) is 40.5 Å². The van der Waals surface area contributed by atoms with Crippen molar-refractivity contribution in [2.75, 3.05) is 18.7 Å². The summed E-state index contributed by atoms with van der Waals surface area (Å²) in [5.41, 5.74) is -1.60. The Balaban J connectivity index is 2.02. The van der Waals surface area contributed by atoms with E-state index in [0.29, 0.717) is 23.4 Å². The summed E-state index contributed by atoms with van der Waals surface area (Å²) < 4.78 is 91.8. The van der Waals surface area contributed by atoms with Gasteiger partial charge >= 0.3 is 18.3 Å². The van der Waals surface area contributed by atoms with Gasteiger partial charge in [-0.05, 0) is 60.4 Å². The molecule has 0 bridgehead atoms. The molecule has 1 amide bonds. The molecule has 13 heteroatoms. The second-order valence-corrected chi connectivity index (χ2v) is 9.04. The van der Waals surface area contributed by atoms with Crippen LogP contribution in [0.25, 0.3) is 0 Å². The Hall–Kier alpha value is -3.87. The van der Waals surface area contributed by atoms with Crippen molar-refractivity contribution in [1.82, 2.24) is 0 Å².